The molecule has 0 spiro atoms. The predicted octanol–water partition coefficient (Wildman–Crippen LogP) is 1.18. The molecular formula is C17H17N3O4. The van der Waals surface area contributed by atoms with Crippen molar-refractivity contribution in [1.29, 1.82) is 0 Å². The van der Waals surface area contributed by atoms with Crippen LogP contribution in [0.1, 0.15) is 6.42 Å². The van der Waals surface area contributed by atoms with Crippen LogP contribution in [0.15, 0.2) is 46.1 Å². The molecule has 0 aliphatic heterocycles. The summed E-state index contributed by atoms with van der Waals surface area (Å²) in [5.74, 6) is -0.923. The van der Waals surface area contributed by atoms with Gasteiger partial charge >= 0.3 is 11.7 Å². The molecule has 2 heterocycles. The second kappa shape index (κ2) is 5.84. The average molecular weight is 327 g/mol. The topological polar surface area (TPSA) is 86.2 Å². The van der Waals surface area contributed by atoms with E-state index in [4.69, 9.17) is 5.11 Å². The molecule has 0 saturated heterocycles. The van der Waals surface area contributed by atoms with Crippen LogP contribution in [-0.2, 0) is 25.4 Å². The fourth-order valence-corrected chi connectivity index (χ4v) is 2.89. The maximum absolute atomic E-state index is 12.7. The van der Waals surface area contributed by atoms with Crippen molar-refractivity contribution >= 4 is 16.9 Å². The maximum Gasteiger partial charge on any atom is 0.330 e. The number of carbonyl (C=O) groups is 1. The van der Waals surface area contributed by atoms with Crippen LogP contribution in [0.4, 0.5) is 0 Å². The van der Waals surface area contributed by atoms with E-state index in [9.17, 15) is 14.4 Å². The molecule has 0 unspecified atom stereocenters. The summed E-state index contributed by atoms with van der Waals surface area (Å²) in [5, 5.41) is 9.39. The molecule has 0 saturated carbocycles. The lowest BCUT2D eigenvalue weighted by Crippen LogP contribution is -2.36. The van der Waals surface area contributed by atoms with Gasteiger partial charge in [-0.05, 0) is 5.56 Å². The van der Waals surface area contributed by atoms with E-state index in [-0.39, 0.29) is 18.5 Å². The van der Waals surface area contributed by atoms with Gasteiger partial charge in [0.25, 0.3) is 5.56 Å². The van der Waals surface area contributed by atoms with Gasteiger partial charge in [0.15, 0.2) is 0 Å². The molecule has 2 aromatic heterocycles. The first-order chi connectivity index (χ1) is 11.4. The Hall–Kier alpha value is -3.09. The van der Waals surface area contributed by atoms with Crippen LogP contribution in [0.25, 0.3) is 22.2 Å². The molecule has 3 rings (SSSR count). The molecule has 0 aliphatic carbocycles. The highest BCUT2D eigenvalue weighted by atomic mass is 16.4. The fraction of sp³-hybridized carbons (Fsp3) is 0.235. The molecule has 0 bridgehead atoms. The van der Waals surface area contributed by atoms with E-state index in [2.05, 4.69) is 0 Å². The van der Waals surface area contributed by atoms with Gasteiger partial charge in [-0.2, -0.15) is 0 Å². The molecule has 0 aliphatic rings. The van der Waals surface area contributed by atoms with Gasteiger partial charge in [0.05, 0.1) is 23.0 Å². The quantitative estimate of drug-likeness (QED) is 0.779. The zero-order chi connectivity index (χ0) is 17.4. The first-order valence-electron chi connectivity index (χ1n) is 7.48. The molecule has 124 valence electrons. The van der Waals surface area contributed by atoms with E-state index < -0.39 is 11.7 Å². The van der Waals surface area contributed by atoms with Gasteiger partial charge in [0, 0.05) is 26.8 Å². The minimum absolute atomic E-state index is 0.0743. The fourth-order valence-electron chi connectivity index (χ4n) is 2.89. The third-order valence-corrected chi connectivity index (χ3v) is 4.13. The summed E-state index contributed by atoms with van der Waals surface area (Å²) in [5.41, 5.74) is 1.12. The molecule has 0 fully saturated rings. The number of benzene rings is 1. The van der Waals surface area contributed by atoms with Gasteiger partial charge in [-0.3, -0.25) is 18.7 Å². The molecule has 7 nitrogen and oxygen atoms in total. The van der Waals surface area contributed by atoms with Crippen LogP contribution in [0.3, 0.4) is 0 Å². The number of aryl methyl sites for hydroxylation is 2. The number of aromatic nitrogens is 3. The lowest BCUT2D eigenvalue weighted by molar-refractivity contribution is -0.137. The Morgan fingerprint density at radius 3 is 2.38 bits per heavy atom. The summed E-state index contributed by atoms with van der Waals surface area (Å²) in [4.78, 5) is 35.8. The average Bonchev–Trinajstić information content (AvgIpc) is 2.96. The second-order valence-electron chi connectivity index (χ2n) is 5.65. The Balaban J connectivity index is 2.41. The Labute approximate surface area is 137 Å². The molecule has 24 heavy (non-hydrogen) atoms. The van der Waals surface area contributed by atoms with E-state index in [1.54, 1.807) is 17.8 Å². The standard InChI is InChI=1S/C17H17N3O4/c1-18-12-10-20(9-8-13(21)22)15(11-6-4-3-5-7-11)14(12)16(23)19(2)17(18)24/h3-7,10H,8-9H2,1-2H3,(H,21,22). The number of fused-ring (bicyclic) bond motifs is 1. The summed E-state index contributed by atoms with van der Waals surface area (Å²) in [6, 6.07) is 9.28. The lowest BCUT2D eigenvalue weighted by Gasteiger charge is -2.08. The SMILES string of the molecule is Cn1c(=O)c2c(-c3ccccc3)n(CCC(=O)O)cc2n(C)c1=O. The number of carboxylic acids is 1. The Morgan fingerprint density at radius 2 is 1.75 bits per heavy atom. The summed E-state index contributed by atoms with van der Waals surface area (Å²) in [6.07, 6.45) is 1.60. The third kappa shape index (κ3) is 2.44. The minimum atomic E-state index is -0.923. The van der Waals surface area contributed by atoms with Gasteiger partial charge in [-0.25, -0.2) is 4.79 Å². The molecule has 0 radical (unpaired) electrons. The monoisotopic (exact) mass is 327 g/mol. The Bertz CT molecular complexity index is 1040. The van der Waals surface area contributed by atoms with E-state index in [0.717, 1.165) is 10.1 Å². The number of aliphatic carboxylic acids is 1. The maximum atomic E-state index is 12.7. The van der Waals surface area contributed by atoms with E-state index >= 15 is 0 Å². The van der Waals surface area contributed by atoms with Gasteiger partial charge in [-0.1, -0.05) is 30.3 Å². The second-order valence-corrected chi connectivity index (χ2v) is 5.65. The van der Waals surface area contributed by atoms with Crippen LogP contribution >= 0.6 is 0 Å². The molecule has 1 N–H and O–H groups in total. The summed E-state index contributed by atoms with van der Waals surface area (Å²) in [7, 11) is 3.04. The number of nitrogens with zero attached hydrogens (tertiary/aromatic N) is 3. The van der Waals surface area contributed by atoms with Gasteiger partial charge in [0.1, 0.15) is 0 Å². The lowest BCUT2D eigenvalue weighted by atomic mass is 10.1. The first kappa shape index (κ1) is 15.8. The van der Waals surface area contributed by atoms with Crippen LogP contribution in [0, 0.1) is 0 Å². The summed E-state index contributed by atoms with van der Waals surface area (Å²) in [6.45, 7) is 0.214. The van der Waals surface area contributed by atoms with Gasteiger partial charge < -0.3 is 9.67 Å². The largest absolute Gasteiger partial charge is 0.481 e. The molecule has 7 heteroatoms. The number of rotatable bonds is 4. The number of hydrogen-bond donors (Lipinski definition) is 1. The number of carboxylic acid groups (broad SMARTS) is 1. The molecule has 3 aromatic rings. The highest BCUT2D eigenvalue weighted by Gasteiger charge is 2.19. The molecule has 0 atom stereocenters. The summed E-state index contributed by atoms with van der Waals surface area (Å²) < 4.78 is 4.20. The minimum Gasteiger partial charge on any atom is -0.481 e. The van der Waals surface area contributed by atoms with Crippen molar-refractivity contribution in [3.05, 3.63) is 57.4 Å². The number of hydrogen-bond acceptors (Lipinski definition) is 3. The zero-order valence-corrected chi connectivity index (χ0v) is 13.4. The Kier molecular flexibility index (Phi) is 3.84. The molecular weight excluding hydrogens is 310 g/mol. The van der Waals surface area contributed by atoms with E-state index in [0.29, 0.717) is 16.6 Å². The van der Waals surface area contributed by atoms with Gasteiger partial charge in [-0.15, -0.1) is 0 Å². The van der Waals surface area contributed by atoms with Crippen molar-refractivity contribution < 1.29 is 9.90 Å². The van der Waals surface area contributed by atoms with Crippen molar-refractivity contribution in [2.45, 2.75) is 13.0 Å². The van der Waals surface area contributed by atoms with Crippen molar-refractivity contribution in [3.8, 4) is 11.3 Å². The van der Waals surface area contributed by atoms with Crippen LogP contribution in [0.2, 0.25) is 0 Å². The van der Waals surface area contributed by atoms with Crippen molar-refractivity contribution in [1.82, 2.24) is 13.7 Å². The van der Waals surface area contributed by atoms with Crippen molar-refractivity contribution in [2.75, 3.05) is 0 Å². The zero-order valence-electron chi connectivity index (χ0n) is 13.4. The highest BCUT2D eigenvalue weighted by Crippen LogP contribution is 2.28. The van der Waals surface area contributed by atoms with E-state index in [1.807, 2.05) is 30.3 Å². The van der Waals surface area contributed by atoms with Gasteiger partial charge in [0.2, 0.25) is 0 Å². The van der Waals surface area contributed by atoms with Crippen molar-refractivity contribution in [2.24, 2.45) is 14.1 Å². The Morgan fingerprint density at radius 1 is 1.08 bits per heavy atom. The third-order valence-electron chi connectivity index (χ3n) is 4.13. The first-order valence-corrected chi connectivity index (χ1v) is 7.48. The van der Waals surface area contributed by atoms with Crippen LogP contribution < -0.4 is 11.2 Å². The molecule has 1 aromatic carbocycles. The summed E-state index contributed by atoms with van der Waals surface area (Å²) >= 11 is 0. The normalized spacial score (nSPS) is 11.1. The predicted molar refractivity (Wildman–Crippen MR) is 90.1 cm³/mol. The smallest absolute Gasteiger partial charge is 0.330 e. The van der Waals surface area contributed by atoms with Crippen molar-refractivity contribution in [3.63, 3.8) is 0 Å². The van der Waals surface area contributed by atoms with E-state index in [1.165, 1.54) is 11.6 Å². The molecule has 0 amide bonds. The highest BCUT2D eigenvalue weighted by molar-refractivity contribution is 5.93. The van der Waals surface area contributed by atoms with Crippen LogP contribution in [0.5, 0.6) is 0 Å². The van der Waals surface area contributed by atoms with Crippen LogP contribution in [-0.4, -0.2) is 24.8 Å².